The van der Waals surface area contributed by atoms with Crippen LogP contribution < -0.4 is 14.4 Å². The molecule has 2 fully saturated rings. The second-order valence-corrected chi connectivity index (χ2v) is 9.94. The number of hydrogen-bond acceptors (Lipinski definition) is 5. The summed E-state index contributed by atoms with van der Waals surface area (Å²) in [6.07, 6.45) is 1.59. The molecular formula is C28H31NO5. The number of allylic oxidation sites excluding steroid dienone is 1. The Morgan fingerprint density at radius 1 is 0.853 bits per heavy atom. The molecule has 1 aliphatic carbocycles. The summed E-state index contributed by atoms with van der Waals surface area (Å²) in [4.78, 5) is 29.6. The predicted molar refractivity (Wildman–Crippen MR) is 130 cm³/mol. The lowest BCUT2D eigenvalue weighted by Gasteiger charge is -2.31. The van der Waals surface area contributed by atoms with Gasteiger partial charge in [0.2, 0.25) is 6.79 Å². The molecule has 34 heavy (non-hydrogen) atoms. The van der Waals surface area contributed by atoms with Crippen LogP contribution in [-0.4, -0.2) is 23.6 Å². The number of nitrogens with zero attached hydrogens (tertiary/aromatic N) is 1. The molecule has 0 aromatic heterocycles. The number of ketones is 1. The fraction of sp³-hybridized carbons (Fsp3) is 0.429. The molecule has 1 saturated heterocycles. The molecular weight excluding hydrogens is 430 g/mol. The average molecular weight is 462 g/mol. The molecule has 2 aliphatic heterocycles. The van der Waals surface area contributed by atoms with Crippen molar-refractivity contribution in [2.24, 2.45) is 5.92 Å². The van der Waals surface area contributed by atoms with Crippen molar-refractivity contribution in [2.75, 3.05) is 11.7 Å². The molecule has 3 aliphatic rings. The SMILES string of the molecule is Cc1cc(C)c(C)c(C2C(=O)C(=C(O)C3CC3)C(=O)N2c2c(C)c(C)c3c(c2C)OCO3)c1C. The van der Waals surface area contributed by atoms with Crippen LogP contribution in [0.2, 0.25) is 0 Å². The van der Waals surface area contributed by atoms with E-state index in [0.717, 1.165) is 57.3 Å². The van der Waals surface area contributed by atoms with Gasteiger partial charge in [0.25, 0.3) is 5.91 Å². The first kappa shape index (κ1) is 22.5. The average Bonchev–Trinajstić information content (AvgIpc) is 3.47. The summed E-state index contributed by atoms with van der Waals surface area (Å²) in [5.41, 5.74) is 8.02. The summed E-state index contributed by atoms with van der Waals surface area (Å²) in [6.45, 7) is 14.0. The third kappa shape index (κ3) is 3.00. The molecule has 2 aromatic carbocycles. The number of ether oxygens (including phenoxy) is 2. The molecule has 6 heteroatoms. The maximum absolute atomic E-state index is 14.0. The van der Waals surface area contributed by atoms with Crippen molar-refractivity contribution in [1.82, 2.24) is 0 Å². The number of anilines is 1. The first-order chi connectivity index (χ1) is 16.1. The number of aryl methyl sites for hydroxylation is 2. The van der Waals surface area contributed by atoms with Crippen molar-refractivity contribution in [3.63, 3.8) is 0 Å². The second-order valence-electron chi connectivity index (χ2n) is 9.94. The number of carbonyl (C=O) groups is 2. The van der Waals surface area contributed by atoms with E-state index in [-0.39, 0.29) is 29.8 Å². The zero-order valence-corrected chi connectivity index (χ0v) is 20.9. The van der Waals surface area contributed by atoms with Crippen molar-refractivity contribution >= 4 is 17.4 Å². The fourth-order valence-corrected chi connectivity index (χ4v) is 5.48. The van der Waals surface area contributed by atoms with Gasteiger partial charge in [-0.05, 0) is 94.7 Å². The molecule has 2 aromatic rings. The first-order valence-electron chi connectivity index (χ1n) is 11.8. The Hall–Kier alpha value is -3.28. The topological polar surface area (TPSA) is 76.1 Å². The van der Waals surface area contributed by atoms with Crippen molar-refractivity contribution in [3.05, 3.63) is 61.9 Å². The molecule has 178 valence electrons. The minimum atomic E-state index is -0.848. The number of carbonyl (C=O) groups excluding carboxylic acids is 2. The minimum Gasteiger partial charge on any atom is -0.511 e. The zero-order valence-electron chi connectivity index (χ0n) is 20.9. The number of hydrogen-bond donors (Lipinski definition) is 1. The fourth-order valence-electron chi connectivity index (χ4n) is 5.48. The Bertz CT molecular complexity index is 1290. The zero-order chi connectivity index (χ0) is 24.6. The smallest absolute Gasteiger partial charge is 0.266 e. The third-order valence-corrected chi connectivity index (χ3v) is 7.91. The van der Waals surface area contributed by atoms with Crippen LogP contribution in [0.1, 0.15) is 63.4 Å². The van der Waals surface area contributed by atoms with Crippen LogP contribution in [0.25, 0.3) is 0 Å². The summed E-state index contributed by atoms with van der Waals surface area (Å²) < 4.78 is 11.5. The quantitative estimate of drug-likeness (QED) is 0.374. The molecule has 1 unspecified atom stereocenters. The third-order valence-electron chi connectivity index (χ3n) is 7.91. The van der Waals surface area contributed by atoms with Gasteiger partial charge in [0.1, 0.15) is 17.4 Å². The summed E-state index contributed by atoms with van der Waals surface area (Å²) in [5, 5.41) is 10.9. The van der Waals surface area contributed by atoms with Crippen LogP contribution in [0.4, 0.5) is 5.69 Å². The van der Waals surface area contributed by atoms with E-state index in [9.17, 15) is 14.7 Å². The van der Waals surface area contributed by atoms with E-state index in [0.29, 0.717) is 17.2 Å². The summed E-state index contributed by atoms with van der Waals surface area (Å²) in [6, 6.07) is 1.26. The molecule has 0 radical (unpaired) electrons. The van der Waals surface area contributed by atoms with Crippen LogP contribution in [0.5, 0.6) is 11.5 Å². The Labute approximate surface area is 200 Å². The van der Waals surface area contributed by atoms with Crippen LogP contribution in [0, 0.1) is 54.4 Å². The standard InChI is InChI=1S/C28H31NO5/c1-12-10-13(2)15(4)20(14(12)3)23-25(31)21(24(30)19-8-9-19)28(32)29(23)22-16(5)17(6)26-27(18(22)7)34-11-33-26/h10,19,23,30H,8-9,11H2,1-7H3. The van der Waals surface area contributed by atoms with Gasteiger partial charge < -0.3 is 14.6 Å². The van der Waals surface area contributed by atoms with Gasteiger partial charge in [-0.3, -0.25) is 14.5 Å². The molecule has 1 atom stereocenters. The van der Waals surface area contributed by atoms with E-state index in [4.69, 9.17) is 9.47 Å². The van der Waals surface area contributed by atoms with Gasteiger partial charge in [0, 0.05) is 17.0 Å². The predicted octanol–water partition coefficient (Wildman–Crippen LogP) is 5.45. The lowest BCUT2D eigenvalue weighted by atomic mass is 9.87. The number of aliphatic hydroxyl groups excluding tert-OH is 1. The molecule has 1 amide bonds. The van der Waals surface area contributed by atoms with Gasteiger partial charge in [-0.25, -0.2) is 0 Å². The monoisotopic (exact) mass is 461 g/mol. The number of aliphatic hydroxyl groups is 1. The summed E-state index contributed by atoms with van der Waals surface area (Å²) in [5.74, 6) is 0.348. The van der Waals surface area contributed by atoms with Gasteiger partial charge in [-0.2, -0.15) is 0 Å². The second kappa shape index (κ2) is 7.62. The van der Waals surface area contributed by atoms with Gasteiger partial charge in [0.05, 0.1) is 5.69 Å². The molecule has 5 rings (SSSR count). The summed E-state index contributed by atoms with van der Waals surface area (Å²) in [7, 11) is 0. The highest BCUT2D eigenvalue weighted by Crippen LogP contribution is 2.51. The van der Waals surface area contributed by atoms with E-state index in [1.54, 1.807) is 4.90 Å². The largest absolute Gasteiger partial charge is 0.511 e. The van der Waals surface area contributed by atoms with Crippen LogP contribution >= 0.6 is 0 Å². The van der Waals surface area contributed by atoms with Crippen LogP contribution in [0.15, 0.2) is 17.4 Å². The lowest BCUT2D eigenvalue weighted by Crippen LogP contribution is -2.32. The van der Waals surface area contributed by atoms with Crippen molar-refractivity contribution in [2.45, 2.75) is 67.3 Å². The normalized spacial score (nSPS) is 21.0. The number of Topliss-reactive ketones (excluding diaryl/α,β-unsaturated/α-hetero) is 1. The molecule has 1 saturated carbocycles. The van der Waals surface area contributed by atoms with Gasteiger partial charge in [-0.15, -0.1) is 0 Å². The van der Waals surface area contributed by atoms with E-state index in [1.807, 2.05) is 48.5 Å². The highest BCUT2D eigenvalue weighted by atomic mass is 16.7. The number of amides is 1. The van der Waals surface area contributed by atoms with E-state index in [2.05, 4.69) is 6.07 Å². The van der Waals surface area contributed by atoms with E-state index in [1.165, 1.54) is 0 Å². The molecule has 2 heterocycles. The molecule has 0 spiro atoms. The number of fused-ring (bicyclic) bond motifs is 1. The maximum atomic E-state index is 14.0. The Balaban J connectivity index is 1.83. The minimum absolute atomic E-state index is 0.0602. The van der Waals surface area contributed by atoms with Crippen LogP contribution in [-0.2, 0) is 9.59 Å². The maximum Gasteiger partial charge on any atom is 0.266 e. The van der Waals surface area contributed by atoms with Gasteiger partial charge in [0.15, 0.2) is 17.3 Å². The Morgan fingerprint density at radius 2 is 1.41 bits per heavy atom. The van der Waals surface area contributed by atoms with Crippen LogP contribution in [0.3, 0.4) is 0 Å². The molecule has 1 N–H and O–H groups in total. The van der Waals surface area contributed by atoms with Gasteiger partial charge in [-0.1, -0.05) is 6.07 Å². The highest BCUT2D eigenvalue weighted by molar-refractivity contribution is 6.34. The first-order valence-corrected chi connectivity index (χ1v) is 11.8. The number of benzene rings is 2. The van der Waals surface area contributed by atoms with Crippen molar-refractivity contribution in [1.29, 1.82) is 0 Å². The Morgan fingerprint density at radius 3 is 1.97 bits per heavy atom. The van der Waals surface area contributed by atoms with Crippen molar-refractivity contribution < 1.29 is 24.2 Å². The van der Waals surface area contributed by atoms with Crippen molar-refractivity contribution in [3.8, 4) is 11.5 Å². The molecule has 6 nitrogen and oxygen atoms in total. The van der Waals surface area contributed by atoms with E-state index < -0.39 is 11.9 Å². The number of rotatable bonds is 3. The molecule has 0 bridgehead atoms. The Kier molecular flexibility index (Phi) is 5.04. The van der Waals surface area contributed by atoms with E-state index >= 15 is 0 Å². The lowest BCUT2D eigenvalue weighted by molar-refractivity contribution is -0.117. The van der Waals surface area contributed by atoms with Gasteiger partial charge >= 0.3 is 0 Å². The summed E-state index contributed by atoms with van der Waals surface area (Å²) >= 11 is 0. The highest BCUT2D eigenvalue weighted by Gasteiger charge is 2.51.